The molecule has 0 amide bonds. The van der Waals surface area contributed by atoms with Crippen LogP contribution in [0.1, 0.15) is 118 Å². The highest BCUT2D eigenvalue weighted by molar-refractivity contribution is 6.79. The van der Waals surface area contributed by atoms with Crippen molar-refractivity contribution < 1.29 is 0 Å². The van der Waals surface area contributed by atoms with Crippen molar-refractivity contribution in [3.63, 3.8) is 0 Å². The lowest BCUT2D eigenvalue weighted by atomic mass is 10.2. The van der Waals surface area contributed by atoms with Gasteiger partial charge in [0.2, 0.25) is 0 Å². The van der Waals surface area contributed by atoms with E-state index in [1.165, 1.54) is 70.6 Å². The van der Waals surface area contributed by atoms with E-state index in [2.05, 4.69) is 27.7 Å². The van der Waals surface area contributed by atoms with Crippen molar-refractivity contribution in [2.75, 3.05) is 0 Å². The fourth-order valence-corrected chi connectivity index (χ4v) is 11.0. The van der Waals surface area contributed by atoms with Crippen LogP contribution in [0.2, 0.25) is 21.1 Å². The van der Waals surface area contributed by atoms with Gasteiger partial charge < -0.3 is 0 Å². The Kier molecular flexibility index (Phi) is 17.8. The summed E-state index contributed by atoms with van der Waals surface area (Å²) in [5.41, 5.74) is 0. The molecule has 0 rings (SSSR count). The van der Waals surface area contributed by atoms with E-state index in [0.717, 1.165) is 0 Å². The molecule has 0 unspecified atom stereocenters. The van der Waals surface area contributed by atoms with Crippen LogP contribution >= 0.6 is 0 Å². The largest absolute Gasteiger partial charge is 0.191 e. The molecule has 0 aliphatic heterocycles. The monoisotopic (exact) mass is 339 g/mol. The summed E-state index contributed by atoms with van der Waals surface area (Å²) in [6.07, 6.45) is 20.7. The highest BCUT2D eigenvalue weighted by Crippen LogP contribution is 2.34. The Morgan fingerprint density at radius 1 is 0.348 bits per heavy atom. The van der Waals surface area contributed by atoms with Crippen LogP contribution in [0.25, 0.3) is 0 Å². The zero-order valence-electron chi connectivity index (χ0n) is 17.3. The van der Waals surface area contributed by atoms with Crippen LogP contribution in [0, 0.1) is 0 Å². The van der Waals surface area contributed by atoms with E-state index in [0.29, 0.717) is 0 Å². The Balaban J connectivity index is 4.51. The lowest BCUT2D eigenvalue weighted by Gasteiger charge is -2.37. The Hall–Kier alpha value is 0.532. The van der Waals surface area contributed by atoms with Crippen LogP contribution in [-0.2, 0) is 0 Å². The van der Waals surface area contributed by atoms with E-state index in [4.69, 9.17) is 0 Å². The second-order valence-electron chi connectivity index (χ2n) is 8.42. The summed E-state index contributed by atoms with van der Waals surface area (Å²) < 4.78 is 0. The highest BCUT2D eigenvalue weighted by Gasteiger charge is 2.26. The van der Waals surface area contributed by atoms with Crippen LogP contribution in [0.5, 0.6) is 0 Å². The van der Waals surface area contributed by atoms with Gasteiger partial charge in [-0.05, 0) is 0 Å². The highest BCUT2D eigenvalue weighted by atomic mass is 27.2. The van der Waals surface area contributed by atoms with E-state index in [-0.39, 0.29) is 0 Å². The molecule has 0 spiro atoms. The van der Waals surface area contributed by atoms with Gasteiger partial charge in [-0.3, -0.25) is 0 Å². The van der Waals surface area contributed by atoms with Crippen molar-refractivity contribution in [2.24, 2.45) is 0 Å². The molecule has 0 atom stereocenters. The van der Waals surface area contributed by atoms with Gasteiger partial charge in [-0.25, -0.2) is 0 Å². The molecule has 0 aliphatic carbocycles. The van der Waals surface area contributed by atoms with Crippen LogP contribution < -0.4 is 0 Å². The van der Waals surface area contributed by atoms with Gasteiger partial charge in [0.15, 0.2) is 0 Å². The van der Waals surface area contributed by atoms with E-state index >= 15 is 0 Å². The lowest BCUT2D eigenvalue weighted by Crippen LogP contribution is -2.33. The van der Waals surface area contributed by atoms with Gasteiger partial charge in [0, 0.05) is 0 Å². The van der Waals surface area contributed by atoms with Crippen molar-refractivity contribution in [3.05, 3.63) is 0 Å². The first kappa shape index (κ1) is 23.5. The first-order valence-electron chi connectivity index (χ1n) is 11.5. The zero-order chi connectivity index (χ0) is 17.2. The summed E-state index contributed by atoms with van der Waals surface area (Å²) in [6.45, 7) is 9.44. The molecule has 0 heterocycles. The van der Waals surface area contributed by atoms with Crippen LogP contribution in [0.15, 0.2) is 0 Å². The summed E-state index contributed by atoms with van der Waals surface area (Å²) >= 11 is -1.30. The molecule has 140 valence electrons. The maximum absolute atomic E-state index is 2.40. The molecule has 0 aromatic carbocycles. The standard InChI is InChI=1S/3C6H13.C4H9.Al/c3*1-3-5-6-4-2;1-3-4-2;/h3*1,3-6H2,2H3;1,3-4H2,2H3;/q;;;;-1. The number of hydrogen-bond donors (Lipinski definition) is 0. The first-order valence-corrected chi connectivity index (χ1v) is 14.7. The minimum atomic E-state index is -1.30. The molecule has 1 heteroatoms. The Bertz CT molecular complexity index is 193. The molecular formula is C22H48Al-. The van der Waals surface area contributed by atoms with Gasteiger partial charge in [-0.1, -0.05) is 118 Å². The first-order chi connectivity index (χ1) is 11.2. The van der Waals surface area contributed by atoms with Crippen molar-refractivity contribution >= 4 is 13.1 Å². The molecule has 0 bridgehead atoms. The average molecular weight is 340 g/mol. The minimum Gasteiger partial charge on any atom is -0.191 e. The SMILES string of the molecule is CCCCC[CH2][Al-]([CH2]CCC)([CH2]CCCCC)[CH2]CCCCC. The third-order valence-corrected chi connectivity index (χ3v) is 12.7. The van der Waals surface area contributed by atoms with Gasteiger partial charge >= 0.3 is 0 Å². The topological polar surface area (TPSA) is 0 Å². The second kappa shape index (κ2) is 17.4. The molecule has 0 nitrogen and oxygen atoms in total. The van der Waals surface area contributed by atoms with E-state index in [1.54, 1.807) is 40.4 Å². The van der Waals surface area contributed by atoms with Crippen molar-refractivity contribution in [1.82, 2.24) is 0 Å². The summed E-state index contributed by atoms with van der Waals surface area (Å²) in [6, 6.07) is 0. The molecule has 0 aliphatic rings. The molecular weight excluding hydrogens is 291 g/mol. The molecule has 0 saturated heterocycles. The Morgan fingerprint density at radius 3 is 0.957 bits per heavy atom. The van der Waals surface area contributed by atoms with Gasteiger partial charge in [-0.2, -0.15) is 21.1 Å². The normalized spacial score (nSPS) is 12.0. The zero-order valence-corrected chi connectivity index (χ0v) is 18.5. The average Bonchev–Trinajstić information content (AvgIpc) is 2.57. The second-order valence-corrected chi connectivity index (χ2v) is 14.2. The Morgan fingerprint density at radius 2 is 0.652 bits per heavy atom. The third kappa shape index (κ3) is 13.5. The van der Waals surface area contributed by atoms with E-state index < -0.39 is 13.1 Å². The predicted molar refractivity (Wildman–Crippen MR) is 112 cm³/mol. The molecule has 0 radical (unpaired) electrons. The molecule has 23 heavy (non-hydrogen) atoms. The molecule has 0 N–H and O–H groups in total. The van der Waals surface area contributed by atoms with Crippen LogP contribution in [0.4, 0.5) is 0 Å². The fraction of sp³-hybridized carbons (Fsp3) is 1.00. The van der Waals surface area contributed by atoms with Gasteiger partial charge in [0.05, 0.1) is 0 Å². The third-order valence-electron chi connectivity index (χ3n) is 6.18. The summed E-state index contributed by atoms with van der Waals surface area (Å²) in [4.78, 5) is 0. The van der Waals surface area contributed by atoms with Crippen molar-refractivity contribution in [3.8, 4) is 0 Å². The van der Waals surface area contributed by atoms with Gasteiger partial charge in [0.25, 0.3) is 0 Å². The smallest absolute Gasteiger partial charge is 0.134 e. The fourth-order valence-electron chi connectivity index (χ4n) is 4.52. The number of hydrogen-bond acceptors (Lipinski definition) is 0. The summed E-state index contributed by atoms with van der Waals surface area (Å²) in [5.74, 6) is 0. The van der Waals surface area contributed by atoms with Gasteiger partial charge in [0.1, 0.15) is 13.1 Å². The predicted octanol–water partition coefficient (Wildman–Crippen LogP) is 8.98. The van der Waals surface area contributed by atoms with Crippen molar-refractivity contribution in [2.45, 2.75) is 139 Å². The number of rotatable bonds is 18. The maximum Gasteiger partial charge on any atom is 0.134 e. The molecule has 0 aromatic rings. The quantitative estimate of drug-likeness (QED) is 0.173. The van der Waals surface area contributed by atoms with Crippen molar-refractivity contribution in [1.29, 1.82) is 0 Å². The van der Waals surface area contributed by atoms with E-state index in [1.807, 2.05) is 0 Å². The Labute approximate surface area is 151 Å². The van der Waals surface area contributed by atoms with Crippen LogP contribution in [-0.4, -0.2) is 13.1 Å². The van der Waals surface area contributed by atoms with E-state index in [9.17, 15) is 0 Å². The molecule has 0 fully saturated rings. The van der Waals surface area contributed by atoms with Crippen LogP contribution in [0.3, 0.4) is 0 Å². The summed E-state index contributed by atoms with van der Waals surface area (Å²) in [7, 11) is 0. The number of unbranched alkanes of at least 4 members (excludes halogenated alkanes) is 10. The minimum absolute atomic E-state index is 1.30. The maximum atomic E-state index is 2.40. The van der Waals surface area contributed by atoms with Gasteiger partial charge in [-0.15, -0.1) is 0 Å². The molecule has 0 aromatic heterocycles. The molecule has 0 saturated carbocycles. The lowest BCUT2D eigenvalue weighted by molar-refractivity contribution is 0.658. The summed E-state index contributed by atoms with van der Waals surface area (Å²) in [5, 5.41) is 6.73.